The molecular weight excluding hydrogens is 288 g/mol. The predicted octanol–water partition coefficient (Wildman–Crippen LogP) is 7.87. The SMILES string of the molecule is C/C=C/CC[C@H]1CC[C@H](CC/C=C/[C@H]2CC[C@H](/C=C/C)CC2)CC1. The Hall–Kier alpha value is -0.780. The molecule has 2 rings (SSSR count). The van der Waals surface area contributed by atoms with Gasteiger partial charge >= 0.3 is 0 Å². The van der Waals surface area contributed by atoms with Crippen LogP contribution in [0.4, 0.5) is 0 Å². The second kappa shape index (κ2) is 11.7. The van der Waals surface area contributed by atoms with Crippen molar-refractivity contribution >= 4 is 0 Å². The van der Waals surface area contributed by atoms with Gasteiger partial charge in [0.2, 0.25) is 0 Å². The van der Waals surface area contributed by atoms with E-state index in [0.717, 1.165) is 23.7 Å². The van der Waals surface area contributed by atoms with E-state index in [1.54, 1.807) is 0 Å². The predicted molar refractivity (Wildman–Crippen MR) is 108 cm³/mol. The molecule has 0 bridgehead atoms. The van der Waals surface area contributed by atoms with E-state index in [2.05, 4.69) is 50.3 Å². The first kappa shape index (κ1) is 19.5. The second-order valence-corrected chi connectivity index (χ2v) is 8.24. The van der Waals surface area contributed by atoms with E-state index >= 15 is 0 Å². The average molecular weight is 329 g/mol. The molecule has 0 atom stereocenters. The van der Waals surface area contributed by atoms with E-state index in [1.807, 2.05) is 0 Å². The van der Waals surface area contributed by atoms with Crippen molar-refractivity contribution in [2.75, 3.05) is 0 Å². The van der Waals surface area contributed by atoms with E-state index in [0.29, 0.717) is 0 Å². The molecule has 0 heteroatoms. The molecule has 0 saturated heterocycles. The van der Waals surface area contributed by atoms with Crippen LogP contribution in [0.3, 0.4) is 0 Å². The first-order valence-electron chi connectivity index (χ1n) is 10.7. The Morgan fingerprint density at radius 2 is 1.08 bits per heavy atom. The van der Waals surface area contributed by atoms with Crippen LogP contribution in [-0.2, 0) is 0 Å². The summed E-state index contributed by atoms with van der Waals surface area (Å²) in [5.74, 6) is 3.76. The summed E-state index contributed by atoms with van der Waals surface area (Å²) in [5.41, 5.74) is 0. The summed E-state index contributed by atoms with van der Waals surface area (Å²) in [6.07, 6.45) is 31.3. The minimum Gasteiger partial charge on any atom is -0.0917 e. The lowest BCUT2D eigenvalue weighted by atomic mass is 9.78. The lowest BCUT2D eigenvalue weighted by Crippen LogP contribution is -2.14. The summed E-state index contributed by atoms with van der Waals surface area (Å²) in [7, 11) is 0. The quantitative estimate of drug-likeness (QED) is 0.398. The molecule has 136 valence electrons. The fourth-order valence-corrected chi connectivity index (χ4v) is 4.73. The van der Waals surface area contributed by atoms with Crippen LogP contribution in [0.1, 0.15) is 90.9 Å². The summed E-state index contributed by atoms with van der Waals surface area (Å²) in [5, 5.41) is 0. The average Bonchev–Trinajstić information content (AvgIpc) is 2.62. The summed E-state index contributed by atoms with van der Waals surface area (Å²) in [6, 6.07) is 0. The van der Waals surface area contributed by atoms with Crippen LogP contribution in [-0.4, -0.2) is 0 Å². The molecule has 0 aromatic rings. The van der Waals surface area contributed by atoms with Crippen molar-refractivity contribution in [2.24, 2.45) is 23.7 Å². The first-order valence-corrected chi connectivity index (χ1v) is 10.7. The molecule has 0 nitrogen and oxygen atoms in total. The molecule has 2 aliphatic rings. The van der Waals surface area contributed by atoms with Gasteiger partial charge in [0.25, 0.3) is 0 Å². The highest BCUT2D eigenvalue weighted by atomic mass is 14.3. The molecular formula is C24H40. The maximum atomic E-state index is 2.55. The standard InChI is InChI=1S/C24H40/c1-3-5-6-10-22-17-19-24(20-18-22)12-8-7-11-23-15-13-21(9-4-2)14-16-23/h3-5,7,9,11,21-24H,6,8,10,12-20H2,1-2H3/b5-3+,9-4+,11-7+/t21-,22-,23-,24-. The largest absolute Gasteiger partial charge is 0.0917 e. The topological polar surface area (TPSA) is 0 Å². The highest BCUT2D eigenvalue weighted by Crippen LogP contribution is 2.34. The van der Waals surface area contributed by atoms with Gasteiger partial charge in [0.05, 0.1) is 0 Å². The van der Waals surface area contributed by atoms with Gasteiger partial charge in [-0.1, -0.05) is 62.1 Å². The lowest BCUT2D eigenvalue weighted by molar-refractivity contribution is 0.255. The fourth-order valence-electron chi connectivity index (χ4n) is 4.73. The van der Waals surface area contributed by atoms with Gasteiger partial charge in [-0.05, 0) is 88.9 Å². The Morgan fingerprint density at radius 1 is 0.583 bits per heavy atom. The third-order valence-corrected chi connectivity index (χ3v) is 6.37. The van der Waals surface area contributed by atoms with Gasteiger partial charge in [-0.2, -0.15) is 0 Å². The first-order chi connectivity index (χ1) is 11.8. The van der Waals surface area contributed by atoms with Crippen LogP contribution in [0.5, 0.6) is 0 Å². The molecule has 0 amide bonds. The Bertz CT molecular complexity index is 384. The van der Waals surface area contributed by atoms with Gasteiger partial charge < -0.3 is 0 Å². The van der Waals surface area contributed by atoms with E-state index in [1.165, 1.54) is 77.0 Å². The molecule has 0 N–H and O–H groups in total. The van der Waals surface area contributed by atoms with Crippen molar-refractivity contribution in [3.63, 3.8) is 0 Å². The maximum absolute atomic E-state index is 2.55. The third-order valence-electron chi connectivity index (χ3n) is 6.37. The monoisotopic (exact) mass is 328 g/mol. The third kappa shape index (κ3) is 7.41. The highest BCUT2D eigenvalue weighted by molar-refractivity contribution is 4.95. The molecule has 24 heavy (non-hydrogen) atoms. The molecule has 2 fully saturated rings. The zero-order chi connectivity index (χ0) is 17.0. The Morgan fingerprint density at radius 3 is 1.58 bits per heavy atom. The van der Waals surface area contributed by atoms with E-state index in [-0.39, 0.29) is 0 Å². The van der Waals surface area contributed by atoms with Crippen molar-refractivity contribution in [3.05, 3.63) is 36.5 Å². The summed E-state index contributed by atoms with van der Waals surface area (Å²) < 4.78 is 0. The molecule has 2 saturated carbocycles. The number of hydrogen-bond donors (Lipinski definition) is 0. The number of hydrogen-bond acceptors (Lipinski definition) is 0. The van der Waals surface area contributed by atoms with Crippen LogP contribution in [0, 0.1) is 23.7 Å². The Balaban J connectivity index is 1.54. The van der Waals surface area contributed by atoms with Crippen LogP contribution in [0.15, 0.2) is 36.5 Å². The maximum Gasteiger partial charge on any atom is -0.0233 e. The van der Waals surface area contributed by atoms with Gasteiger partial charge in [-0.3, -0.25) is 0 Å². The smallest absolute Gasteiger partial charge is 0.0233 e. The Kier molecular flexibility index (Phi) is 9.54. The summed E-state index contributed by atoms with van der Waals surface area (Å²) in [6.45, 7) is 4.29. The second-order valence-electron chi connectivity index (χ2n) is 8.24. The van der Waals surface area contributed by atoms with Crippen molar-refractivity contribution < 1.29 is 0 Å². The van der Waals surface area contributed by atoms with Crippen molar-refractivity contribution in [1.29, 1.82) is 0 Å². The summed E-state index contributed by atoms with van der Waals surface area (Å²) >= 11 is 0. The zero-order valence-corrected chi connectivity index (χ0v) is 16.3. The highest BCUT2D eigenvalue weighted by Gasteiger charge is 2.20. The minimum atomic E-state index is 0.864. The van der Waals surface area contributed by atoms with Crippen LogP contribution in [0.2, 0.25) is 0 Å². The van der Waals surface area contributed by atoms with Gasteiger partial charge in [-0.25, -0.2) is 0 Å². The van der Waals surface area contributed by atoms with E-state index in [9.17, 15) is 0 Å². The van der Waals surface area contributed by atoms with Gasteiger partial charge in [0.15, 0.2) is 0 Å². The summed E-state index contributed by atoms with van der Waals surface area (Å²) in [4.78, 5) is 0. The lowest BCUT2D eigenvalue weighted by Gasteiger charge is -2.28. The van der Waals surface area contributed by atoms with Crippen LogP contribution < -0.4 is 0 Å². The number of allylic oxidation sites excluding steroid dienone is 6. The van der Waals surface area contributed by atoms with E-state index in [4.69, 9.17) is 0 Å². The van der Waals surface area contributed by atoms with E-state index < -0.39 is 0 Å². The molecule has 0 spiro atoms. The normalized spacial score (nSPS) is 32.2. The molecule has 0 unspecified atom stereocenters. The van der Waals surface area contributed by atoms with Gasteiger partial charge in [0, 0.05) is 0 Å². The van der Waals surface area contributed by atoms with Crippen molar-refractivity contribution in [2.45, 2.75) is 90.9 Å². The van der Waals surface area contributed by atoms with Crippen LogP contribution >= 0.6 is 0 Å². The molecule has 0 aromatic carbocycles. The molecule has 2 aliphatic carbocycles. The zero-order valence-electron chi connectivity index (χ0n) is 16.3. The molecule has 0 radical (unpaired) electrons. The van der Waals surface area contributed by atoms with Crippen molar-refractivity contribution in [3.8, 4) is 0 Å². The molecule has 0 aliphatic heterocycles. The molecule has 0 heterocycles. The fraction of sp³-hybridized carbons (Fsp3) is 0.750. The minimum absolute atomic E-state index is 0.864. The number of rotatable bonds is 8. The Labute approximate surface area is 151 Å². The van der Waals surface area contributed by atoms with Crippen molar-refractivity contribution in [1.82, 2.24) is 0 Å². The van der Waals surface area contributed by atoms with Gasteiger partial charge in [0.1, 0.15) is 0 Å². The molecule has 0 aromatic heterocycles. The van der Waals surface area contributed by atoms with Gasteiger partial charge in [-0.15, -0.1) is 0 Å². The van der Waals surface area contributed by atoms with Crippen LogP contribution in [0.25, 0.3) is 0 Å².